The number of anilines is 1. The first-order valence-corrected chi connectivity index (χ1v) is 11.4. The fourth-order valence-electron chi connectivity index (χ4n) is 3.62. The summed E-state index contributed by atoms with van der Waals surface area (Å²) < 4.78 is 54.7. The third-order valence-corrected chi connectivity index (χ3v) is 5.42. The molecule has 1 aliphatic heterocycles. The first kappa shape index (κ1) is 29.7. The molecule has 1 aromatic carbocycles. The molecule has 14 heteroatoms. The van der Waals surface area contributed by atoms with Crippen LogP contribution in [0.1, 0.15) is 33.1 Å². The van der Waals surface area contributed by atoms with E-state index in [4.69, 9.17) is 0 Å². The Balaban J connectivity index is 2.13. The van der Waals surface area contributed by atoms with Crippen LogP contribution in [-0.2, 0) is 28.7 Å². The van der Waals surface area contributed by atoms with Crippen LogP contribution >= 0.6 is 0 Å². The number of benzene rings is 1. The van der Waals surface area contributed by atoms with Crippen LogP contribution < -0.4 is 21.3 Å². The molecule has 3 atom stereocenters. The second-order valence-electron chi connectivity index (χ2n) is 8.86. The molecule has 0 aromatic heterocycles. The van der Waals surface area contributed by atoms with Gasteiger partial charge in [0.15, 0.2) is 5.78 Å². The van der Waals surface area contributed by atoms with Crippen LogP contribution in [0.3, 0.4) is 0 Å². The number of ether oxygens (including phenoxy) is 1. The van der Waals surface area contributed by atoms with Crippen molar-refractivity contribution >= 4 is 35.1 Å². The monoisotopic (exact) mass is 532 g/mol. The van der Waals surface area contributed by atoms with Crippen molar-refractivity contribution in [2.75, 3.05) is 18.5 Å². The summed E-state index contributed by atoms with van der Waals surface area (Å²) in [6, 6.07) is 2.19. The summed E-state index contributed by atoms with van der Waals surface area (Å²) in [4.78, 5) is 62.1. The first-order valence-electron chi connectivity index (χ1n) is 11.4. The highest BCUT2D eigenvalue weighted by Gasteiger charge is 2.36. The van der Waals surface area contributed by atoms with E-state index in [1.165, 1.54) is 18.2 Å². The van der Waals surface area contributed by atoms with Gasteiger partial charge in [0.25, 0.3) is 0 Å². The van der Waals surface area contributed by atoms with Crippen molar-refractivity contribution in [1.82, 2.24) is 16.0 Å². The third kappa shape index (κ3) is 9.79. The molecular formula is C23H28F4N4O6. The molecule has 0 aliphatic carbocycles. The number of nitrogens with one attached hydrogen (secondary N) is 4. The lowest BCUT2D eigenvalue weighted by atomic mass is 9.95. The predicted molar refractivity (Wildman–Crippen MR) is 121 cm³/mol. The molecule has 37 heavy (non-hydrogen) atoms. The van der Waals surface area contributed by atoms with Gasteiger partial charge in [-0.3, -0.25) is 28.7 Å². The van der Waals surface area contributed by atoms with Crippen molar-refractivity contribution in [3.8, 4) is 0 Å². The fourth-order valence-corrected chi connectivity index (χ4v) is 3.62. The molecule has 0 spiro atoms. The topological polar surface area (TPSA) is 143 Å². The number of alkyl halides is 3. The van der Waals surface area contributed by atoms with Crippen LogP contribution in [0, 0.1) is 17.7 Å². The quantitative estimate of drug-likeness (QED) is 0.251. The van der Waals surface area contributed by atoms with E-state index in [0.717, 1.165) is 6.07 Å². The maximum absolute atomic E-state index is 13.8. The Kier molecular flexibility index (Phi) is 10.5. The maximum Gasteiger partial charge on any atom is 0.522 e. The van der Waals surface area contributed by atoms with Crippen LogP contribution in [0.5, 0.6) is 0 Å². The summed E-state index contributed by atoms with van der Waals surface area (Å²) in [5.41, 5.74) is -0.266. The van der Waals surface area contributed by atoms with Crippen molar-refractivity contribution in [3.63, 3.8) is 0 Å². The molecular weight excluding hydrogens is 504 g/mol. The Morgan fingerprint density at radius 2 is 1.76 bits per heavy atom. The second-order valence-corrected chi connectivity index (χ2v) is 8.86. The van der Waals surface area contributed by atoms with E-state index in [0.29, 0.717) is 13.0 Å². The number of carbonyl (C=O) groups is 5. The molecule has 0 saturated carbocycles. The lowest BCUT2D eigenvalue weighted by Gasteiger charge is -2.25. The Morgan fingerprint density at radius 3 is 2.32 bits per heavy atom. The van der Waals surface area contributed by atoms with Gasteiger partial charge in [0.05, 0.1) is 11.7 Å². The number of amides is 4. The van der Waals surface area contributed by atoms with Crippen molar-refractivity contribution in [3.05, 3.63) is 30.1 Å². The fraction of sp³-hybridized carbons (Fsp3) is 0.522. The first-order chi connectivity index (χ1) is 17.3. The molecule has 4 N–H and O–H groups in total. The molecule has 2 rings (SSSR count). The zero-order valence-corrected chi connectivity index (χ0v) is 20.1. The molecule has 204 valence electrons. The molecule has 4 amide bonds. The molecule has 1 fully saturated rings. The number of para-hydroxylation sites is 1. The Labute approximate surface area is 209 Å². The van der Waals surface area contributed by atoms with Crippen molar-refractivity contribution in [2.45, 2.75) is 51.6 Å². The van der Waals surface area contributed by atoms with Gasteiger partial charge in [0.2, 0.25) is 11.8 Å². The molecule has 0 unspecified atom stereocenters. The number of hydrogen-bond acceptors (Lipinski definition) is 6. The van der Waals surface area contributed by atoms with Gasteiger partial charge in [-0.05, 0) is 37.3 Å². The normalized spacial score (nSPS) is 17.1. The summed E-state index contributed by atoms with van der Waals surface area (Å²) in [5, 5.41) is 9.09. The lowest BCUT2D eigenvalue weighted by Crippen LogP contribution is -2.54. The van der Waals surface area contributed by atoms with Gasteiger partial charge in [0, 0.05) is 12.5 Å². The van der Waals surface area contributed by atoms with Crippen LogP contribution in [0.4, 0.5) is 23.2 Å². The average molecular weight is 532 g/mol. The Hall–Kier alpha value is -3.55. The minimum atomic E-state index is -5.09. The molecule has 0 bridgehead atoms. The van der Waals surface area contributed by atoms with Crippen molar-refractivity contribution < 1.29 is 46.3 Å². The van der Waals surface area contributed by atoms with E-state index in [-0.39, 0.29) is 24.4 Å². The molecule has 10 nitrogen and oxygen atoms in total. The van der Waals surface area contributed by atoms with E-state index >= 15 is 0 Å². The number of rotatable bonds is 11. The number of carbonyl (C=O) groups excluding carboxylic acids is 5. The highest BCUT2D eigenvalue weighted by Crippen LogP contribution is 2.20. The molecule has 1 aromatic rings. The van der Waals surface area contributed by atoms with Gasteiger partial charge in [0.1, 0.15) is 18.5 Å². The average Bonchev–Trinajstić information content (AvgIpc) is 3.21. The maximum atomic E-state index is 13.8. The van der Waals surface area contributed by atoms with Crippen LogP contribution in [0.15, 0.2) is 24.3 Å². The van der Waals surface area contributed by atoms with Gasteiger partial charge in [-0.1, -0.05) is 26.0 Å². The summed E-state index contributed by atoms with van der Waals surface area (Å²) in [7, 11) is 0. The smallest absolute Gasteiger partial charge is 0.356 e. The van der Waals surface area contributed by atoms with Gasteiger partial charge >= 0.3 is 18.2 Å². The Bertz CT molecular complexity index is 1020. The van der Waals surface area contributed by atoms with Crippen LogP contribution in [0.2, 0.25) is 0 Å². The van der Waals surface area contributed by atoms with Crippen molar-refractivity contribution in [1.29, 1.82) is 0 Å². The third-order valence-electron chi connectivity index (χ3n) is 5.42. The number of ketones is 1. The summed E-state index contributed by atoms with van der Waals surface area (Å²) >= 11 is 0. The number of halogens is 4. The number of hydrogen-bond donors (Lipinski definition) is 4. The second kappa shape index (κ2) is 13.1. The van der Waals surface area contributed by atoms with E-state index in [1.54, 1.807) is 13.8 Å². The zero-order chi connectivity index (χ0) is 27.8. The summed E-state index contributed by atoms with van der Waals surface area (Å²) in [5.74, 6) is -6.76. The number of Topliss-reactive ketones (excluding diaryl/α,β-unsaturated/α-hetero) is 1. The Morgan fingerprint density at radius 1 is 1.08 bits per heavy atom. The SMILES string of the molecule is CC(C)C[C@H](NC(=O)C(=O)Nc1ccccc1F)C(=O)N[C@@H](C[C@@H]1CCNC1=O)C(=O)COC(F)(F)F. The predicted octanol–water partition coefficient (Wildman–Crippen LogP) is 1.41. The largest absolute Gasteiger partial charge is 0.522 e. The standard InChI is InChI=1S/C23H28F4N4O6/c1-12(2)9-17(31-22(36)21(35)29-15-6-4-3-5-14(15)24)20(34)30-16(10-13-7-8-28-19(13)33)18(32)11-37-23(25,26)27/h3-6,12-13,16-17H,7-11H2,1-2H3,(H,28,33)(H,29,35)(H,30,34)(H,31,36)/t13-,16-,17-/m0/s1. The van der Waals surface area contributed by atoms with E-state index in [2.05, 4.69) is 26.0 Å². The van der Waals surface area contributed by atoms with Gasteiger partial charge < -0.3 is 21.3 Å². The van der Waals surface area contributed by atoms with Crippen molar-refractivity contribution in [2.24, 2.45) is 11.8 Å². The van der Waals surface area contributed by atoms with E-state index in [1.807, 2.05) is 0 Å². The molecule has 1 aliphatic rings. The van der Waals surface area contributed by atoms with Crippen LogP contribution in [0.25, 0.3) is 0 Å². The van der Waals surface area contributed by atoms with E-state index < -0.39 is 66.2 Å². The highest BCUT2D eigenvalue weighted by atomic mass is 19.4. The van der Waals surface area contributed by atoms with Gasteiger partial charge in [-0.2, -0.15) is 0 Å². The molecule has 1 saturated heterocycles. The minimum Gasteiger partial charge on any atom is -0.356 e. The summed E-state index contributed by atoms with van der Waals surface area (Å²) in [6.07, 6.45) is -5.07. The van der Waals surface area contributed by atoms with E-state index in [9.17, 15) is 41.5 Å². The molecule has 0 radical (unpaired) electrons. The minimum absolute atomic E-state index is 0.00553. The highest BCUT2D eigenvalue weighted by molar-refractivity contribution is 6.40. The van der Waals surface area contributed by atoms with Gasteiger partial charge in [-0.15, -0.1) is 13.2 Å². The molecule has 1 heterocycles. The summed E-state index contributed by atoms with van der Waals surface area (Å²) in [6.45, 7) is 2.32. The zero-order valence-electron chi connectivity index (χ0n) is 20.1. The lowest BCUT2D eigenvalue weighted by molar-refractivity contribution is -0.321. The van der Waals surface area contributed by atoms with Gasteiger partial charge in [-0.25, -0.2) is 4.39 Å². The van der Waals surface area contributed by atoms with Crippen LogP contribution in [-0.4, -0.2) is 61.0 Å².